The molecule has 0 heterocycles. The first-order valence-corrected chi connectivity index (χ1v) is 5.78. The summed E-state index contributed by atoms with van der Waals surface area (Å²) >= 11 is 0. The van der Waals surface area contributed by atoms with Gasteiger partial charge in [0.15, 0.2) is 16.0 Å². The van der Waals surface area contributed by atoms with Crippen LogP contribution in [0.3, 0.4) is 0 Å². The van der Waals surface area contributed by atoms with Crippen molar-refractivity contribution in [3.05, 3.63) is 24.3 Å². The summed E-state index contributed by atoms with van der Waals surface area (Å²) in [5.41, 5.74) is 0.667. The molecule has 0 aromatic heterocycles. The van der Waals surface area contributed by atoms with Gasteiger partial charge in [0.1, 0.15) is 0 Å². The first-order valence-electron chi connectivity index (χ1n) is 3.89. The van der Waals surface area contributed by atoms with Crippen LogP contribution in [-0.4, -0.2) is 21.7 Å². The Morgan fingerprint density at radius 2 is 1.79 bits per heavy atom. The van der Waals surface area contributed by atoms with E-state index in [4.69, 9.17) is 5.26 Å². The third-order valence-electron chi connectivity index (χ3n) is 1.80. The Kier molecular flexibility index (Phi) is 2.77. The number of nitriles is 1. The van der Waals surface area contributed by atoms with Gasteiger partial charge in [0.25, 0.3) is 0 Å². The molecule has 1 aromatic rings. The maximum absolute atomic E-state index is 11.1. The second-order valence-corrected chi connectivity index (χ2v) is 4.94. The lowest BCUT2D eigenvalue weighted by molar-refractivity contribution is 0.602. The molecule has 0 saturated heterocycles. The fourth-order valence-corrected chi connectivity index (χ4v) is 1.61. The molecule has 14 heavy (non-hydrogen) atoms. The maximum atomic E-state index is 11.1. The number of hydrogen-bond acceptors (Lipinski definition) is 4. The molecule has 0 unspecified atom stereocenters. The highest BCUT2D eigenvalue weighted by Crippen LogP contribution is 2.15. The quantitative estimate of drug-likeness (QED) is 0.540. The topological polar surface area (TPSA) is 61.2 Å². The van der Waals surface area contributed by atoms with E-state index in [9.17, 15) is 8.42 Å². The van der Waals surface area contributed by atoms with Crippen LogP contribution in [-0.2, 0) is 9.84 Å². The summed E-state index contributed by atoms with van der Waals surface area (Å²) in [4.78, 5) is 1.61. The molecule has 1 rings (SSSR count). The van der Waals surface area contributed by atoms with Crippen molar-refractivity contribution >= 4 is 15.5 Å². The first kappa shape index (κ1) is 10.5. The van der Waals surface area contributed by atoms with Crippen molar-refractivity contribution in [2.45, 2.75) is 4.90 Å². The zero-order valence-electron chi connectivity index (χ0n) is 7.93. The van der Waals surface area contributed by atoms with Gasteiger partial charge in [-0.2, -0.15) is 5.26 Å². The zero-order chi connectivity index (χ0) is 10.8. The summed E-state index contributed by atoms with van der Waals surface area (Å²) in [6.07, 6.45) is 3.07. The van der Waals surface area contributed by atoms with Gasteiger partial charge in [0.2, 0.25) is 0 Å². The third-order valence-corrected chi connectivity index (χ3v) is 2.93. The molecule has 74 valence electrons. The number of hydrogen-bond donors (Lipinski definition) is 0. The Bertz CT molecular complexity index is 457. The number of rotatable bonds is 2. The summed E-state index contributed by atoms with van der Waals surface area (Å²) in [7, 11) is -1.55. The number of anilines is 1. The Morgan fingerprint density at radius 1 is 1.29 bits per heavy atom. The maximum Gasteiger partial charge on any atom is 0.183 e. The van der Waals surface area contributed by atoms with Crippen molar-refractivity contribution < 1.29 is 8.42 Å². The van der Waals surface area contributed by atoms with Gasteiger partial charge in [-0.25, -0.2) is 8.42 Å². The number of sulfone groups is 1. The molecule has 0 spiro atoms. The Labute approximate surface area is 83.3 Å². The van der Waals surface area contributed by atoms with Gasteiger partial charge in [0, 0.05) is 13.3 Å². The fourth-order valence-electron chi connectivity index (χ4n) is 0.975. The van der Waals surface area contributed by atoms with Crippen LogP contribution in [0.4, 0.5) is 5.69 Å². The van der Waals surface area contributed by atoms with Crippen molar-refractivity contribution in [3.8, 4) is 6.19 Å². The molecule has 0 aliphatic rings. The standard InChI is InChI=1S/C9H10N2O2S/c1-11(7-10)8-3-5-9(6-4-8)14(2,12)13/h3-6H,1-2H3. The van der Waals surface area contributed by atoms with Crippen molar-refractivity contribution in [1.82, 2.24) is 0 Å². The average Bonchev–Trinajstić information content (AvgIpc) is 2.15. The number of nitrogens with zero attached hydrogens (tertiary/aromatic N) is 2. The fraction of sp³-hybridized carbons (Fsp3) is 0.222. The van der Waals surface area contributed by atoms with Crippen LogP contribution in [0.5, 0.6) is 0 Å². The summed E-state index contributed by atoms with van der Waals surface area (Å²) in [5.74, 6) is 0. The highest BCUT2D eigenvalue weighted by atomic mass is 32.2. The second-order valence-electron chi connectivity index (χ2n) is 2.93. The van der Waals surface area contributed by atoms with Gasteiger partial charge in [0.05, 0.1) is 10.6 Å². The minimum absolute atomic E-state index is 0.257. The molecule has 0 bridgehead atoms. The summed E-state index contributed by atoms with van der Waals surface area (Å²) in [6, 6.07) is 6.16. The predicted molar refractivity (Wildman–Crippen MR) is 53.6 cm³/mol. The SMILES string of the molecule is CN(C#N)c1ccc(S(C)(=O)=O)cc1. The monoisotopic (exact) mass is 210 g/mol. The van der Waals surface area contributed by atoms with E-state index >= 15 is 0 Å². The molecule has 0 radical (unpaired) electrons. The minimum atomic E-state index is -3.15. The van der Waals surface area contributed by atoms with E-state index in [1.165, 1.54) is 17.0 Å². The molecule has 0 aliphatic carbocycles. The van der Waals surface area contributed by atoms with E-state index in [1.54, 1.807) is 19.2 Å². The molecular formula is C9H10N2O2S. The van der Waals surface area contributed by atoms with E-state index in [-0.39, 0.29) is 4.90 Å². The highest BCUT2D eigenvalue weighted by molar-refractivity contribution is 7.90. The number of benzene rings is 1. The highest BCUT2D eigenvalue weighted by Gasteiger charge is 2.06. The third kappa shape index (κ3) is 2.24. The van der Waals surface area contributed by atoms with Gasteiger partial charge >= 0.3 is 0 Å². The van der Waals surface area contributed by atoms with Crippen LogP contribution in [0.1, 0.15) is 0 Å². The normalized spacial score (nSPS) is 10.6. The predicted octanol–water partition coefficient (Wildman–Crippen LogP) is 1.01. The Balaban J connectivity index is 3.09. The molecular weight excluding hydrogens is 200 g/mol. The minimum Gasteiger partial charge on any atom is -0.283 e. The Morgan fingerprint density at radius 3 is 2.14 bits per heavy atom. The van der Waals surface area contributed by atoms with Gasteiger partial charge in [-0.05, 0) is 24.3 Å². The van der Waals surface area contributed by atoms with Gasteiger partial charge in [-0.3, -0.25) is 4.90 Å². The average molecular weight is 210 g/mol. The Hall–Kier alpha value is -1.54. The van der Waals surface area contributed by atoms with E-state index in [2.05, 4.69) is 0 Å². The first-order chi connectivity index (χ1) is 6.45. The molecule has 0 atom stereocenters. The van der Waals surface area contributed by atoms with Crippen molar-refractivity contribution in [2.24, 2.45) is 0 Å². The molecule has 0 saturated carbocycles. The van der Waals surface area contributed by atoms with Gasteiger partial charge in [-0.1, -0.05) is 0 Å². The van der Waals surface area contributed by atoms with Crippen LogP contribution in [0, 0.1) is 11.5 Å². The van der Waals surface area contributed by atoms with Crippen molar-refractivity contribution in [1.29, 1.82) is 5.26 Å². The van der Waals surface area contributed by atoms with Crippen LogP contribution >= 0.6 is 0 Å². The van der Waals surface area contributed by atoms with Crippen LogP contribution in [0.15, 0.2) is 29.2 Å². The molecule has 0 amide bonds. The molecule has 0 N–H and O–H groups in total. The van der Waals surface area contributed by atoms with Gasteiger partial charge < -0.3 is 0 Å². The van der Waals surface area contributed by atoms with E-state index in [1.807, 2.05) is 6.19 Å². The van der Waals surface area contributed by atoms with Gasteiger partial charge in [-0.15, -0.1) is 0 Å². The summed E-state index contributed by atoms with van der Waals surface area (Å²) in [6.45, 7) is 0. The molecule has 0 aliphatic heterocycles. The van der Waals surface area contributed by atoms with E-state index in [0.717, 1.165) is 6.26 Å². The zero-order valence-corrected chi connectivity index (χ0v) is 8.75. The summed E-state index contributed by atoms with van der Waals surface area (Å²) < 4.78 is 22.2. The lowest BCUT2D eigenvalue weighted by atomic mass is 10.3. The second kappa shape index (κ2) is 3.68. The van der Waals surface area contributed by atoms with Crippen molar-refractivity contribution in [2.75, 3.05) is 18.2 Å². The summed E-state index contributed by atoms with van der Waals surface area (Å²) in [5, 5.41) is 8.58. The van der Waals surface area contributed by atoms with Crippen molar-refractivity contribution in [3.63, 3.8) is 0 Å². The van der Waals surface area contributed by atoms with Crippen LogP contribution in [0.25, 0.3) is 0 Å². The smallest absolute Gasteiger partial charge is 0.183 e. The molecule has 4 nitrogen and oxygen atoms in total. The molecule has 5 heteroatoms. The van der Waals surface area contributed by atoms with E-state index < -0.39 is 9.84 Å². The van der Waals surface area contributed by atoms with Crippen LogP contribution in [0.2, 0.25) is 0 Å². The lowest BCUT2D eigenvalue weighted by Gasteiger charge is -2.08. The van der Waals surface area contributed by atoms with E-state index in [0.29, 0.717) is 5.69 Å². The largest absolute Gasteiger partial charge is 0.283 e. The lowest BCUT2D eigenvalue weighted by Crippen LogP contribution is -2.08. The molecule has 0 fully saturated rings. The molecule has 1 aromatic carbocycles. The van der Waals surface area contributed by atoms with Crippen LogP contribution < -0.4 is 4.90 Å².